The smallest absolute Gasteiger partial charge is 0.274 e. The summed E-state index contributed by atoms with van der Waals surface area (Å²) in [4.78, 5) is 23.0. The SMILES string of the molecule is Cc1c(NC(=O)C(C)N(c2ccc(F)c(F)c2)S(C)(=O)=O)cccc1[N+](=O)[O-]. The van der Waals surface area contributed by atoms with Crippen molar-refractivity contribution >= 4 is 33.0 Å². The fourth-order valence-electron chi connectivity index (χ4n) is 2.62. The first-order chi connectivity index (χ1) is 12.9. The topological polar surface area (TPSA) is 110 Å². The molecule has 0 bridgehead atoms. The zero-order valence-corrected chi connectivity index (χ0v) is 16.0. The van der Waals surface area contributed by atoms with Gasteiger partial charge < -0.3 is 5.32 Å². The lowest BCUT2D eigenvalue weighted by atomic mass is 10.1. The monoisotopic (exact) mass is 413 g/mol. The van der Waals surface area contributed by atoms with Gasteiger partial charge in [0.05, 0.1) is 28.1 Å². The maximum atomic E-state index is 13.6. The Kier molecular flexibility index (Phi) is 5.98. The van der Waals surface area contributed by atoms with Gasteiger partial charge in [0.25, 0.3) is 5.69 Å². The average molecular weight is 413 g/mol. The first-order valence-electron chi connectivity index (χ1n) is 7.92. The second kappa shape index (κ2) is 7.89. The molecule has 11 heteroatoms. The number of amides is 1. The maximum absolute atomic E-state index is 13.6. The molecule has 1 N–H and O–H groups in total. The van der Waals surface area contributed by atoms with Gasteiger partial charge in [0, 0.05) is 12.1 Å². The molecule has 2 aromatic carbocycles. The van der Waals surface area contributed by atoms with Crippen molar-refractivity contribution in [3.05, 3.63) is 63.7 Å². The van der Waals surface area contributed by atoms with Gasteiger partial charge in [0.15, 0.2) is 11.6 Å². The number of nitrogens with one attached hydrogen (secondary N) is 1. The molecule has 0 aromatic heterocycles. The summed E-state index contributed by atoms with van der Waals surface area (Å²) < 4.78 is 51.7. The Morgan fingerprint density at radius 3 is 2.39 bits per heavy atom. The van der Waals surface area contributed by atoms with E-state index in [1.165, 1.54) is 32.0 Å². The first-order valence-corrected chi connectivity index (χ1v) is 9.77. The van der Waals surface area contributed by atoms with Gasteiger partial charge in [0.1, 0.15) is 6.04 Å². The lowest BCUT2D eigenvalue weighted by Gasteiger charge is -2.28. The van der Waals surface area contributed by atoms with Crippen molar-refractivity contribution in [2.75, 3.05) is 15.9 Å². The number of anilines is 2. The third-order valence-corrected chi connectivity index (χ3v) is 5.25. The van der Waals surface area contributed by atoms with E-state index in [2.05, 4.69) is 5.32 Å². The molecular formula is C17H17F2N3O5S. The van der Waals surface area contributed by atoms with Crippen molar-refractivity contribution < 1.29 is 26.9 Å². The first kappa shape index (κ1) is 21.2. The fraction of sp³-hybridized carbons (Fsp3) is 0.235. The van der Waals surface area contributed by atoms with Crippen LogP contribution in [0.3, 0.4) is 0 Å². The zero-order chi connectivity index (χ0) is 21.2. The zero-order valence-electron chi connectivity index (χ0n) is 15.1. The Hall–Kier alpha value is -3.08. The molecular weight excluding hydrogens is 396 g/mol. The second-order valence-corrected chi connectivity index (χ2v) is 7.89. The van der Waals surface area contributed by atoms with Gasteiger partial charge in [-0.3, -0.25) is 19.2 Å². The minimum Gasteiger partial charge on any atom is -0.324 e. The summed E-state index contributed by atoms with van der Waals surface area (Å²) in [5, 5.41) is 13.5. The third kappa shape index (κ3) is 4.42. The predicted octanol–water partition coefficient (Wildman–Crippen LogP) is 2.97. The fourth-order valence-corrected chi connectivity index (χ4v) is 3.79. The van der Waals surface area contributed by atoms with E-state index in [0.717, 1.165) is 18.4 Å². The molecule has 28 heavy (non-hydrogen) atoms. The van der Waals surface area contributed by atoms with Crippen LogP contribution in [0.4, 0.5) is 25.8 Å². The number of hydrogen-bond donors (Lipinski definition) is 1. The molecule has 2 rings (SSSR count). The molecule has 1 amide bonds. The van der Waals surface area contributed by atoms with Crippen LogP contribution in [0.2, 0.25) is 0 Å². The van der Waals surface area contributed by atoms with Gasteiger partial charge in [-0.15, -0.1) is 0 Å². The summed E-state index contributed by atoms with van der Waals surface area (Å²) in [5.41, 5.74) is -0.137. The molecule has 8 nitrogen and oxygen atoms in total. The summed E-state index contributed by atoms with van der Waals surface area (Å²) in [6, 6.07) is 5.15. The Labute approximate surface area is 160 Å². The molecule has 2 aromatic rings. The van der Waals surface area contributed by atoms with Crippen LogP contribution in [0.25, 0.3) is 0 Å². The van der Waals surface area contributed by atoms with E-state index in [1.54, 1.807) is 0 Å². The second-order valence-electron chi connectivity index (χ2n) is 6.03. The summed E-state index contributed by atoms with van der Waals surface area (Å²) in [7, 11) is -4.04. The lowest BCUT2D eigenvalue weighted by molar-refractivity contribution is -0.385. The minimum atomic E-state index is -4.04. The molecule has 0 saturated carbocycles. The predicted molar refractivity (Wildman–Crippen MR) is 99.6 cm³/mol. The Morgan fingerprint density at radius 2 is 1.86 bits per heavy atom. The molecule has 0 spiro atoms. The van der Waals surface area contributed by atoms with E-state index in [0.29, 0.717) is 10.4 Å². The normalized spacial score (nSPS) is 12.3. The van der Waals surface area contributed by atoms with E-state index >= 15 is 0 Å². The van der Waals surface area contributed by atoms with Crippen LogP contribution >= 0.6 is 0 Å². The summed E-state index contributed by atoms with van der Waals surface area (Å²) in [6.45, 7) is 2.69. The molecule has 1 atom stereocenters. The van der Waals surface area contributed by atoms with Gasteiger partial charge in [-0.05, 0) is 32.0 Å². The summed E-state index contributed by atoms with van der Waals surface area (Å²) in [5.74, 6) is -3.24. The van der Waals surface area contributed by atoms with Crippen LogP contribution in [-0.2, 0) is 14.8 Å². The Balaban J connectivity index is 2.39. The number of carbonyl (C=O) groups is 1. The molecule has 0 saturated heterocycles. The van der Waals surface area contributed by atoms with Crippen LogP contribution in [0.15, 0.2) is 36.4 Å². The molecule has 0 aliphatic rings. The standard InChI is InChI=1S/C17H17F2N3O5S/c1-10-15(5-4-6-16(10)22(24)25)20-17(23)11(2)21(28(3,26)27)12-7-8-13(18)14(19)9-12/h4-9,11H,1-3H3,(H,20,23). The molecule has 0 heterocycles. The summed E-state index contributed by atoms with van der Waals surface area (Å²) in [6.07, 6.45) is 0.816. The van der Waals surface area contributed by atoms with Crippen molar-refractivity contribution in [2.24, 2.45) is 0 Å². The molecule has 0 aliphatic heterocycles. The van der Waals surface area contributed by atoms with Crippen LogP contribution in [0, 0.1) is 28.7 Å². The van der Waals surface area contributed by atoms with Gasteiger partial charge in [-0.2, -0.15) is 0 Å². The van der Waals surface area contributed by atoms with Crippen molar-refractivity contribution in [1.29, 1.82) is 0 Å². The van der Waals surface area contributed by atoms with E-state index < -0.39 is 38.5 Å². The number of hydrogen-bond acceptors (Lipinski definition) is 5. The maximum Gasteiger partial charge on any atom is 0.274 e. The van der Waals surface area contributed by atoms with Crippen LogP contribution < -0.4 is 9.62 Å². The van der Waals surface area contributed by atoms with Crippen molar-refractivity contribution in [1.82, 2.24) is 0 Å². The van der Waals surface area contributed by atoms with Crippen LogP contribution in [0.1, 0.15) is 12.5 Å². The number of rotatable bonds is 6. The Bertz CT molecular complexity index is 1040. The summed E-state index contributed by atoms with van der Waals surface area (Å²) >= 11 is 0. The van der Waals surface area contributed by atoms with E-state index in [4.69, 9.17) is 0 Å². The largest absolute Gasteiger partial charge is 0.324 e. The Morgan fingerprint density at radius 1 is 1.21 bits per heavy atom. The number of halogens is 2. The van der Waals surface area contributed by atoms with E-state index in [-0.39, 0.29) is 22.6 Å². The number of sulfonamides is 1. The van der Waals surface area contributed by atoms with Crippen molar-refractivity contribution in [2.45, 2.75) is 19.9 Å². The molecule has 0 radical (unpaired) electrons. The van der Waals surface area contributed by atoms with Gasteiger partial charge >= 0.3 is 0 Å². The van der Waals surface area contributed by atoms with Crippen LogP contribution in [0.5, 0.6) is 0 Å². The number of nitro benzene ring substituents is 1. The number of benzene rings is 2. The van der Waals surface area contributed by atoms with Gasteiger partial charge in [-0.1, -0.05) is 6.07 Å². The van der Waals surface area contributed by atoms with E-state index in [9.17, 15) is 32.1 Å². The highest BCUT2D eigenvalue weighted by molar-refractivity contribution is 7.92. The van der Waals surface area contributed by atoms with Crippen molar-refractivity contribution in [3.8, 4) is 0 Å². The van der Waals surface area contributed by atoms with Crippen LogP contribution in [-0.4, -0.2) is 31.5 Å². The third-order valence-electron chi connectivity index (χ3n) is 4.01. The van der Waals surface area contributed by atoms with Gasteiger partial charge in [0.2, 0.25) is 15.9 Å². The average Bonchev–Trinajstić information content (AvgIpc) is 2.58. The highest BCUT2D eigenvalue weighted by Gasteiger charge is 2.30. The van der Waals surface area contributed by atoms with Crippen molar-refractivity contribution in [3.63, 3.8) is 0 Å². The highest BCUT2D eigenvalue weighted by Crippen LogP contribution is 2.27. The molecule has 1 unspecified atom stereocenters. The van der Waals surface area contributed by atoms with E-state index in [1.807, 2.05) is 0 Å². The molecule has 0 fully saturated rings. The lowest BCUT2D eigenvalue weighted by Crippen LogP contribution is -2.45. The number of nitrogens with zero attached hydrogens (tertiary/aromatic N) is 2. The highest BCUT2D eigenvalue weighted by atomic mass is 32.2. The number of carbonyl (C=O) groups excluding carboxylic acids is 1. The number of nitro groups is 1. The van der Waals surface area contributed by atoms with Gasteiger partial charge in [-0.25, -0.2) is 17.2 Å². The molecule has 0 aliphatic carbocycles. The minimum absolute atomic E-state index is 0.129. The molecule has 150 valence electrons. The quantitative estimate of drug-likeness (QED) is 0.578.